The lowest BCUT2D eigenvalue weighted by Gasteiger charge is -2.10. The Hall–Kier alpha value is -3.08. The van der Waals surface area contributed by atoms with E-state index < -0.39 is 0 Å². The van der Waals surface area contributed by atoms with Gasteiger partial charge in [-0.3, -0.25) is 4.79 Å². The molecule has 2 aromatic carbocycles. The van der Waals surface area contributed by atoms with Crippen LogP contribution >= 0.6 is 0 Å². The van der Waals surface area contributed by atoms with Crippen LogP contribution in [0.3, 0.4) is 0 Å². The van der Waals surface area contributed by atoms with Crippen LogP contribution in [0.5, 0.6) is 5.75 Å². The molecule has 0 spiro atoms. The maximum absolute atomic E-state index is 12.4. The third kappa shape index (κ3) is 3.26. The SMILES string of the molecule is O=C(NCCc1ccc(-n2cccn2)cc1)[C@H]1COc2ccccc21. The van der Waals surface area contributed by atoms with Crippen molar-refractivity contribution in [3.05, 3.63) is 78.1 Å². The molecule has 5 heteroatoms. The van der Waals surface area contributed by atoms with Crippen LogP contribution in [0, 0.1) is 0 Å². The summed E-state index contributed by atoms with van der Waals surface area (Å²) in [6.45, 7) is 1.03. The number of rotatable bonds is 5. The minimum absolute atomic E-state index is 0.0260. The first-order chi connectivity index (χ1) is 12.3. The quantitative estimate of drug-likeness (QED) is 0.781. The largest absolute Gasteiger partial charge is 0.492 e. The zero-order chi connectivity index (χ0) is 17.1. The summed E-state index contributed by atoms with van der Waals surface area (Å²) in [5.74, 6) is 0.633. The van der Waals surface area contributed by atoms with Gasteiger partial charge in [0, 0.05) is 24.5 Å². The first-order valence-electron chi connectivity index (χ1n) is 8.40. The van der Waals surface area contributed by atoms with Gasteiger partial charge in [-0.1, -0.05) is 30.3 Å². The van der Waals surface area contributed by atoms with Crippen molar-refractivity contribution in [1.82, 2.24) is 15.1 Å². The second-order valence-electron chi connectivity index (χ2n) is 6.06. The minimum atomic E-state index is -0.210. The van der Waals surface area contributed by atoms with Crippen LogP contribution in [0.4, 0.5) is 0 Å². The summed E-state index contributed by atoms with van der Waals surface area (Å²) in [6, 6.07) is 17.8. The van der Waals surface area contributed by atoms with Crippen molar-refractivity contribution in [2.24, 2.45) is 0 Å². The molecular weight excluding hydrogens is 314 g/mol. The number of para-hydroxylation sites is 1. The van der Waals surface area contributed by atoms with Gasteiger partial charge in [-0.15, -0.1) is 0 Å². The zero-order valence-electron chi connectivity index (χ0n) is 13.8. The fourth-order valence-corrected chi connectivity index (χ4v) is 3.07. The van der Waals surface area contributed by atoms with E-state index in [1.54, 1.807) is 6.20 Å². The van der Waals surface area contributed by atoms with E-state index in [1.165, 1.54) is 5.56 Å². The van der Waals surface area contributed by atoms with Crippen LogP contribution in [0.2, 0.25) is 0 Å². The van der Waals surface area contributed by atoms with Crippen molar-refractivity contribution < 1.29 is 9.53 Å². The summed E-state index contributed by atoms with van der Waals surface area (Å²) in [4.78, 5) is 12.4. The van der Waals surface area contributed by atoms with Crippen LogP contribution in [-0.2, 0) is 11.2 Å². The normalized spacial score (nSPS) is 15.4. The molecule has 1 aliphatic heterocycles. The third-order valence-electron chi connectivity index (χ3n) is 4.43. The predicted octanol–water partition coefficient (Wildman–Crippen LogP) is 2.71. The lowest BCUT2D eigenvalue weighted by molar-refractivity contribution is -0.122. The second kappa shape index (κ2) is 6.81. The van der Waals surface area contributed by atoms with Gasteiger partial charge < -0.3 is 10.1 Å². The molecule has 0 unspecified atom stereocenters. The molecule has 0 radical (unpaired) electrons. The molecule has 25 heavy (non-hydrogen) atoms. The highest BCUT2D eigenvalue weighted by atomic mass is 16.5. The van der Waals surface area contributed by atoms with Gasteiger partial charge in [0.2, 0.25) is 5.91 Å². The van der Waals surface area contributed by atoms with Crippen LogP contribution < -0.4 is 10.1 Å². The Morgan fingerprint density at radius 3 is 2.80 bits per heavy atom. The van der Waals surface area contributed by atoms with Crippen molar-refractivity contribution in [3.63, 3.8) is 0 Å². The molecule has 2 heterocycles. The molecule has 3 aromatic rings. The molecule has 0 saturated carbocycles. The number of hydrogen-bond donors (Lipinski definition) is 1. The maximum Gasteiger partial charge on any atom is 0.231 e. The average molecular weight is 333 g/mol. The summed E-state index contributed by atoms with van der Waals surface area (Å²) in [5, 5.41) is 7.23. The number of nitrogens with zero attached hydrogens (tertiary/aromatic N) is 2. The summed E-state index contributed by atoms with van der Waals surface area (Å²) < 4.78 is 7.40. The highest BCUT2D eigenvalue weighted by Gasteiger charge is 2.29. The van der Waals surface area contributed by atoms with Gasteiger partial charge in [-0.2, -0.15) is 5.10 Å². The van der Waals surface area contributed by atoms with Crippen LogP contribution in [0.1, 0.15) is 17.0 Å². The highest BCUT2D eigenvalue weighted by Crippen LogP contribution is 2.33. The standard InChI is InChI=1S/C20H19N3O2/c24-20(18-14-25-19-5-2-1-4-17(18)19)21-12-10-15-6-8-16(9-7-15)23-13-3-11-22-23/h1-9,11,13,18H,10,12,14H2,(H,21,24)/t18-/m0/s1. The Kier molecular flexibility index (Phi) is 4.21. The van der Waals surface area contributed by atoms with Gasteiger partial charge in [0.25, 0.3) is 0 Å². The third-order valence-corrected chi connectivity index (χ3v) is 4.43. The minimum Gasteiger partial charge on any atom is -0.492 e. The Bertz CT molecular complexity index is 857. The van der Waals surface area contributed by atoms with E-state index in [9.17, 15) is 4.79 Å². The molecule has 0 saturated heterocycles. The summed E-state index contributed by atoms with van der Waals surface area (Å²) in [5.41, 5.74) is 3.18. The Balaban J connectivity index is 1.31. The molecule has 4 rings (SSSR count). The van der Waals surface area contributed by atoms with E-state index in [0.29, 0.717) is 13.2 Å². The average Bonchev–Trinajstić information content (AvgIpc) is 3.32. The molecule has 1 N–H and O–H groups in total. The number of carbonyl (C=O) groups is 1. The van der Waals surface area contributed by atoms with Crippen LogP contribution in [-0.4, -0.2) is 28.8 Å². The second-order valence-corrected chi connectivity index (χ2v) is 6.06. The molecule has 0 aliphatic carbocycles. The number of hydrogen-bond acceptors (Lipinski definition) is 3. The molecule has 1 aliphatic rings. The summed E-state index contributed by atoms with van der Waals surface area (Å²) in [6.07, 6.45) is 4.46. The van der Waals surface area contributed by atoms with Crippen LogP contribution in [0.15, 0.2) is 67.0 Å². The van der Waals surface area contributed by atoms with E-state index >= 15 is 0 Å². The van der Waals surface area contributed by atoms with Crippen molar-refractivity contribution in [2.45, 2.75) is 12.3 Å². The fraction of sp³-hybridized carbons (Fsp3) is 0.200. The van der Waals surface area contributed by atoms with Gasteiger partial charge in [-0.25, -0.2) is 4.68 Å². The topological polar surface area (TPSA) is 56.2 Å². The number of carbonyl (C=O) groups excluding carboxylic acids is 1. The number of amides is 1. The Morgan fingerprint density at radius 1 is 1.16 bits per heavy atom. The molecule has 5 nitrogen and oxygen atoms in total. The summed E-state index contributed by atoms with van der Waals surface area (Å²) in [7, 11) is 0. The van der Waals surface area contributed by atoms with E-state index in [-0.39, 0.29) is 11.8 Å². The first kappa shape index (κ1) is 15.4. The molecule has 1 atom stereocenters. The van der Waals surface area contributed by atoms with Crippen molar-refractivity contribution in [2.75, 3.05) is 13.2 Å². The number of ether oxygens (including phenoxy) is 1. The molecule has 126 valence electrons. The van der Waals surface area contributed by atoms with Crippen LogP contribution in [0.25, 0.3) is 5.69 Å². The predicted molar refractivity (Wildman–Crippen MR) is 95.0 cm³/mol. The van der Waals surface area contributed by atoms with Crippen molar-refractivity contribution >= 4 is 5.91 Å². The number of nitrogens with one attached hydrogen (secondary N) is 1. The van der Waals surface area contributed by atoms with Gasteiger partial charge in [-0.05, 0) is 36.2 Å². The number of fused-ring (bicyclic) bond motifs is 1. The number of aromatic nitrogens is 2. The smallest absolute Gasteiger partial charge is 0.231 e. The molecule has 1 aromatic heterocycles. The monoisotopic (exact) mass is 333 g/mol. The van der Waals surface area contributed by atoms with Gasteiger partial charge in [0.15, 0.2) is 0 Å². The fourth-order valence-electron chi connectivity index (χ4n) is 3.07. The lowest BCUT2D eigenvalue weighted by atomic mass is 10.0. The first-order valence-corrected chi connectivity index (χ1v) is 8.40. The van der Waals surface area contributed by atoms with E-state index in [1.807, 2.05) is 53.3 Å². The zero-order valence-corrected chi connectivity index (χ0v) is 13.8. The summed E-state index contributed by atoms with van der Waals surface area (Å²) >= 11 is 0. The van der Waals surface area contributed by atoms with Gasteiger partial charge in [0.05, 0.1) is 5.69 Å². The maximum atomic E-state index is 12.4. The van der Waals surface area contributed by atoms with Crippen molar-refractivity contribution in [3.8, 4) is 11.4 Å². The van der Waals surface area contributed by atoms with Gasteiger partial charge >= 0.3 is 0 Å². The Morgan fingerprint density at radius 2 is 2.00 bits per heavy atom. The Labute approximate surface area is 146 Å². The number of benzene rings is 2. The molecular formula is C20H19N3O2. The van der Waals surface area contributed by atoms with Crippen molar-refractivity contribution in [1.29, 1.82) is 0 Å². The van der Waals surface area contributed by atoms with E-state index in [4.69, 9.17) is 4.74 Å². The van der Waals surface area contributed by atoms with Gasteiger partial charge in [0.1, 0.15) is 18.3 Å². The van der Waals surface area contributed by atoms with E-state index in [2.05, 4.69) is 22.5 Å². The lowest BCUT2D eigenvalue weighted by Crippen LogP contribution is -2.31. The molecule has 1 amide bonds. The highest BCUT2D eigenvalue weighted by molar-refractivity contribution is 5.85. The molecule has 0 fully saturated rings. The molecule has 0 bridgehead atoms. The van der Waals surface area contributed by atoms with E-state index in [0.717, 1.165) is 23.4 Å².